The maximum Gasteiger partial charge on any atom is 0.0950 e. The first-order valence-electron chi connectivity index (χ1n) is 6.46. The van der Waals surface area contributed by atoms with Crippen molar-refractivity contribution in [3.05, 3.63) is 47.5 Å². The first-order chi connectivity index (χ1) is 9.09. The number of para-hydroxylation sites is 2. The number of fused-ring (bicyclic) bond motifs is 1. The molecule has 1 heterocycles. The fourth-order valence-electron chi connectivity index (χ4n) is 2.91. The largest absolute Gasteiger partial charge is 0.354 e. The van der Waals surface area contributed by atoms with Gasteiger partial charge in [-0.25, -0.2) is 0 Å². The topological polar surface area (TPSA) is 6.48 Å². The van der Waals surface area contributed by atoms with Gasteiger partial charge in [0.15, 0.2) is 0 Å². The normalized spacial score (nSPS) is 13.9. The van der Waals surface area contributed by atoms with Crippen LogP contribution < -0.4 is 9.80 Å². The van der Waals surface area contributed by atoms with E-state index in [2.05, 4.69) is 73.7 Å². The van der Waals surface area contributed by atoms with Crippen LogP contribution in [-0.2, 0) is 0 Å². The van der Waals surface area contributed by atoms with Gasteiger partial charge in [-0.3, -0.25) is 0 Å². The zero-order valence-electron chi connectivity index (χ0n) is 11.5. The predicted octanol–water partition coefficient (Wildman–Crippen LogP) is 4.14. The van der Waals surface area contributed by atoms with Gasteiger partial charge in [-0.1, -0.05) is 24.3 Å². The van der Waals surface area contributed by atoms with Crippen LogP contribution in [0.2, 0.25) is 0 Å². The zero-order chi connectivity index (χ0) is 13.6. The maximum atomic E-state index is 4.58. The first kappa shape index (κ1) is 12.4. The van der Waals surface area contributed by atoms with Gasteiger partial charge in [0, 0.05) is 17.6 Å². The summed E-state index contributed by atoms with van der Waals surface area (Å²) < 4.78 is 0. The Kier molecular flexibility index (Phi) is 2.94. The van der Waals surface area contributed by atoms with Crippen LogP contribution in [0.3, 0.4) is 0 Å². The number of hydrogen-bond donors (Lipinski definition) is 1. The average molecular weight is 270 g/mol. The number of benzene rings is 2. The molecule has 0 N–H and O–H groups in total. The molecule has 0 fully saturated rings. The number of thiol groups is 1. The number of hydrogen-bond acceptors (Lipinski definition) is 3. The molecule has 3 heteroatoms. The minimum absolute atomic E-state index is 0.874. The second kappa shape index (κ2) is 4.49. The van der Waals surface area contributed by atoms with Gasteiger partial charge in [-0.05, 0) is 37.1 Å². The van der Waals surface area contributed by atoms with Gasteiger partial charge in [0.1, 0.15) is 0 Å². The quantitative estimate of drug-likeness (QED) is 0.778. The van der Waals surface area contributed by atoms with Gasteiger partial charge >= 0.3 is 0 Å². The Morgan fingerprint density at radius 1 is 0.947 bits per heavy atom. The van der Waals surface area contributed by atoms with Gasteiger partial charge in [-0.15, -0.1) is 12.6 Å². The van der Waals surface area contributed by atoms with E-state index in [-0.39, 0.29) is 0 Å². The minimum atomic E-state index is 0.874. The van der Waals surface area contributed by atoms with Crippen molar-refractivity contribution in [2.45, 2.75) is 18.7 Å². The molecule has 98 valence electrons. The van der Waals surface area contributed by atoms with Crippen molar-refractivity contribution in [3.63, 3.8) is 0 Å². The van der Waals surface area contributed by atoms with Crippen molar-refractivity contribution >= 4 is 29.7 Å². The summed E-state index contributed by atoms with van der Waals surface area (Å²) in [5, 5.41) is 0. The molecule has 19 heavy (non-hydrogen) atoms. The van der Waals surface area contributed by atoms with Crippen molar-refractivity contribution in [2.75, 3.05) is 23.5 Å². The predicted molar refractivity (Wildman–Crippen MR) is 85.0 cm³/mol. The summed E-state index contributed by atoms with van der Waals surface area (Å²) in [7, 11) is 2.12. The fraction of sp³-hybridized carbons (Fsp3) is 0.250. The molecule has 0 amide bonds. The average Bonchev–Trinajstić information content (AvgIpc) is 2.68. The molecule has 2 aromatic carbocycles. The van der Waals surface area contributed by atoms with Crippen LogP contribution in [-0.4, -0.2) is 13.7 Å². The summed E-state index contributed by atoms with van der Waals surface area (Å²) in [4.78, 5) is 5.66. The SMILES string of the molecule is Cc1cccc(C)c1N1CN(C)c2c(S)cccc21. The standard InChI is InChI=1S/C16H18N2S/c1-11-6-4-7-12(2)15(11)18-10-17(3)16-13(18)8-5-9-14(16)19/h4-9,19H,10H2,1-3H3. The second-order valence-electron chi connectivity index (χ2n) is 5.15. The molecule has 2 nitrogen and oxygen atoms in total. The van der Waals surface area contributed by atoms with Crippen LogP contribution in [0, 0.1) is 13.8 Å². The maximum absolute atomic E-state index is 4.58. The third-order valence-electron chi connectivity index (χ3n) is 3.73. The van der Waals surface area contributed by atoms with Crippen molar-refractivity contribution in [2.24, 2.45) is 0 Å². The molecule has 0 saturated carbocycles. The van der Waals surface area contributed by atoms with E-state index in [0.717, 1.165) is 11.6 Å². The van der Waals surface area contributed by atoms with E-state index in [1.54, 1.807) is 0 Å². The molecule has 3 rings (SSSR count). The highest BCUT2D eigenvalue weighted by molar-refractivity contribution is 7.80. The highest BCUT2D eigenvalue weighted by Gasteiger charge is 2.27. The van der Waals surface area contributed by atoms with E-state index in [9.17, 15) is 0 Å². The third kappa shape index (κ3) is 1.89. The third-order valence-corrected chi connectivity index (χ3v) is 4.09. The van der Waals surface area contributed by atoms with Crippen molar-refractivity contribution in [3.8, 4) is 0 Å². The van der Waals surface area contributed by atoms with Crippen molar-refractivity contribution < 1.29 is 0 Å². The number of aryl methyl sites for hydroxylation is 2. The Morgan fingerprint density at radius 2 is 1.58 bits per heavy atom. The highest BCUT2D eigenvalue weighted by Crippen LogP contribution is 2.44. The lowest BCUT2D eigenvalue weighted by Crippen LogP contribution is -2.25. The molecule has 1 aliphatic heterocycles. The van der Waals surface area contributed by atoms with Gasteiger partial charge in [-0.2, -0.15) is 0 Å². The Balaban J connectivity index is 2.18. The molecule has 0 aromatic heterocycles. The molecule has 0 saturated heterocycles. The number of rotatable bonds is 1. The van der Waals surface area contributed by atoms with E-state index in [4.69, 9.17) is 0 Å². The summed E-state index contributed by atoms with van der Waals surface area (Å²) in [6.07, 6.45) is 0. The van der Waals surface area contributed by atoms with Crippen molar-refractivity contribution in [1.82, 2.24) is 0 Å². The molecule has 2 aromatic rings. The molecule has 0 radical (unpaired) electrons. The highest BCUT2D eigenvalue weighted by atomic mass is 32.1. The minimum Gasteiger partial charge on any atom is -0.354 e. The van der Waals surface area contributed by atoms with E-state index < -0.39 is 0 Å². The van der Waals surface area contributed by atoms with Crippen LogP contribution in [0.5, 0.6) is 0 Å². The number of nitrogens with zero attached hydrogens (tertiary/aromatic N) is 2. The van der Waals surface area contributed by atoms with Gasteiger partial charge in [0.25, 0.3) is 0 Å². The van der Waals surface area contributed by atoms with Crippen LogP contribution >= 0.6 is 12.6 Å². The molecule has 1 aliphatic rings. The summed E-state index contributed by atoms with van der Waals surface area (Å²) >= 11 is 4.58. The van der Waals surface area contributed by atoms with E-state index in [1.165, 1.54) is 28.2 Å². The lowest BCUT2D eigenvalue weighted by molar-refractivity contribution is 0.937. The van der Waals surface area contributed by atoms with Crippen LogP contribution in [0.4, 0.5) is 17.1 Å². The monoisotopic (exact) mass is 270 g/mol. The van der Waals surface area contributed by atoms with Gasteiger partial charge in [0.05, 0.1) is 18.0 Å². The number of anilines is 3. The van der Waals surface area contributed by atoms with E-state index in [1.807, 2.05) is 6.07 Å². The lowest BCUT2D eigenvalue weighted by atomic mass is 10.1. The zero-order valence-corrected chi connectivity index (χ0v) is 12.4. The fourth-order valence-corrected chi connectivity index (χ4v) is 3.28. The molecule has 0 spiro atoms. The Bertz CT molecular complexity index is 616. The molecule has 0 aliphatic carbocycles. The van der Waals surface area contributed by atoms with Gasteiger partial charge in [0.2, 0.25) is 0 Å². The summed E-state index contributed by atoms with van der Waals surface area (Å²) in [6.45, 7) is 5.22. The molecule has 0 atom stereocenters. The molecule has 0 unspecified atom stereocenters. The lowest BCUT2D eigenvalue weighted by Gasteiger charge is -2.23. The molecular formula is C16H18N2S. The first-order valence-corrected chi connectivity index (χ1v) is 6.91. The Morgan fingerprint density at radius 3 is 2.26 bits per heavy atom. The second-order valence-corrected chi connectivity index (χ2v) is 5.63. The van der Waals surface area contributed by atoms with Crippen LogP contribution in [0.1, 0.15) is 11.1 Å². The summed E-state index contributed by atoms with van der Waals surface area (Å²) in [6, 6.07) is 12.7. The molecular weight excluding hydrogens is 252 g/mol. The van der Waals surface area contributed by atoms with Crippen LogP contribution in [0.25, 0.3) is 0 Å². The molecule has 0 bridgehead atoms. The van der Waals surface area contributed by atoms with Gasteiger partial charge < -0.3 is 9.80 Å². The summed E-state index contributed by atoms with van der Waals surface area (Å²) in [5.74, 6) is 0. The van der Waals surface area contributed by atoms with Crippen molar-refractivity contribution in [1.29, 1.82) is 0 Å². The van der Waals surface area contributed by atoms with E-state index >= 15 is 0 Å². The Labute approximate surface area is 120 Å². The summed E-state index contributed by atoms with van der Waals surface area (Å²) in [5.41, 5.74) is 6.39. The van der Waals surface area contributed by atoms with E-state index in [0.29, 0.717) is 0 Å². The van der Waals surface area contributed by atoms with Crippen LogP contribution in [0.15, 0.2) is 41.3 Å². The Hall–Kier alpha value is -1.61. The smallest absolute Gasteiger partial charge is 0.0950 e.